The predicted molar refractivity (Wildman–Crippen MR) is 77.6 cm³/mol. The molecule has 0 saturated heterocycles. The molecule has 0 amide bonds. The van der Waals surface area contributed by atoms with Crippen LogP contribution in [0.1, 0.15) is 51.3 Å². The van der Waals surface area contributed by atoms with Gasteiger partial charge in [0.25, 0.3) is 0 Å². The molecule has 0 spiro atoms. The molecular weight excluding hydrogens is 240 g/mol. The molecule has 2 atom stereocenters. The van der Waals surface area contributed by atoms with Gasteiger partial charge in [-0.05, 0) is 12.8 Å². The summed E-state index contributed by atoms with van der Waals surface area (Å²) in [5, 5.41) is 16.4. The first-order valence-corrected chi connectivity index (χ1v) is 7.11. The van der Waals surface area contributed by atoms with E-state index < -0.39 is 0 Å². The van der Waals surface area contributed by atoms with Crippen LogP contribution in [0.15, 0.2) is 6.07 Å². The Morgan fingerprint density at radius 3 is 2.53 bits per heavy atom. The second-order valence-corrected chi connectivity index (χ2v) is 5.50. The van der Waals surface area contributed by atoms with Gasteiger partial charge in [0.15, 0.2) is 0 Å². The van der Waals surface area contributed by atoms with Gasteiger partial charge in [-0.1, -0.05) is 26.7 Å². The molecule has 1 fully saturated rings. The Morgan fingerprint density at radius 1 is 1.21 bits per heavy atom. The molecular formula is C14H24N4O. The molecule has 106 valence electrons. The van der Waals surface area contributed by atoms with Crippen molar-refractivity contribution in [2.24, 2.45) is 0 Å². The molecule has 1 aromatic heterocycles. The maximum absolute atomic E-state index is 10.0. The minimum absolute atomic E-state index is 0.105. The first kappa shape index (κ1) is 14.1. The van der Waals surface area contributed by atoms with Crippen LogP contribution in [0, 0.1) is 0 Å². The lowest BCUT2D eigenvalue weighted by Gasteiger charge is -2.29. The van der Waals surface area contributed by atoms with Gasteiger partial charge in [-0.3, -0.25) is 0 Å². The molecule has 5 nitrogen and oxygen atoms in total. The molecule has 0 aliphatic heterocycles. The molecule has 19 heavy (non-hydrogen) atoms. The van der Waals surface area contributed by atoms with Gasteiger partial charge in [0, 0.05) is 19.0 Å². The molecule has 1 saturated carbocycles. The third-order valence-corrected chi connectivity index (χ3v) is 3.58. The summed E-state index contributed by atoms with van der Waals surface area (Å²) in [6.07, 6.45) is 3.87. The van der Waals surface area contributed by atoms with E-state index in [-0.39, 0.29) is 18.1 Å². The first-order valence-electron chi connectivity index (χ1n) is 7.11. The van der Waals surface area contributed by atoms with Gasteiger partial charge in [0.1, 0.15) is 17.5 Å². The SMILES string of the molecule is CNc1cc(NC2CCCCC2O)nc(C(C)C)n1. The van der Waals surface area contributed by atoms with Crippen LogP contribution in [0.5, 0.6) is 0 Å². The van der Waals surface area contributed by atoms with Crippen molar-refractivity contribution in [2.75, 3.05) is 17.7 Å². The van der Waals surface area contributed by atoms with Crippen molar-refractivity contribution in [3.05, 3.63) is 11.9 Å². The van der Waals surface area contributed by atoms with E-state index in [9.17, 15) is 5.11 Å². The van der Waals surface area contributed by atoms with Crippen molar-refractivity contribution in [1.29, 1.82) is 0 Å². The number of aromatic nitrogens is 2. The molecule has 0 aromatic carbocycles. The standard InChI is InChI=1S/C14H24N4O/c1-9(2)14-17-12(15-3)8-13(18-14)16-10-6-4-5-7-11(10)19/h8-11,19H,4-7H2,1-3H3,(H2,15,16,17,18). The zero-order chi connectivity index (χ0) is 13.8. The third kappa shape index (κ3) is 3.56. The lowest BCUT2D eigenvalue weighted by Crippen LogP contribution is -2.36. The second-order valence-electron chi connectivity index (χ2n) is 5.50. The largest absolute Gasteiger partial charge is 0.391 e. The van der Waals surface area contributed by atoms with E-state index in [0.29, 0.717) is 0 Å². The van der Waals surface area contributed by atoms with E-state index in [1.165, 1.54) is 0 Å². The highest BCUT2D eigenvalue weighted by Crippen LogP contribution is 2.23. The maximum atomic E-state index is 10.0. The van der Waals surface area contributed by atoms with E-state index in [1.807, 2.05) is 13.1 Å². The van der Waals surface area contributed by atoms with Crippen LogP contribution in [0.4, 0.5) is 11.6 Å². The molecule has 1 aromatic rings. The van der Waals surface area contributed by atoms with Gasteiger partial charge in [-0.15, -0.1) is 0 Å². The van der Waals surface area contributed by atoms with E-state index >= 15 is 0 Å². The van der Waals surface area contributed by atoms with Crippen molar-refractivity contribution >= 4 is 11.6 Å². The Labute approximate surface area is 114 Å². The fourth-order valence-corrected chi connectivity index (χ4v) is 2.40. The topological polar surface area (TPSA) is 70.1 Å². The van der Waals surface area contributed by atoms with Crippen molar-refractivity contribution in [1.82, 2.24) is 9.97 Å². The lowest BCUT2D eigenvalue weighted by molar-refractivity contribution is 0.116. The van der Waals surface area contributed by atoms with Gasteiger partial charge in [-0.2, -0.15) is 0 Å². The Balaban J connectivity index is 2.16. The highest BCUT2D eigenvalue weighted by atomic mass is 16.3. The molecule has 2 rings (SSSR count). The van der Waals surface area contributed by atoms with Gasteiger partial charge in [-0.25, -0.2) is 9.97 Å². The number of aliphatic hydroxyl groups is 1. The average molecular weight is 264 g/mol. The van der Waals surface area contributed by atoms with E-state index in [2.05, 4.69) is 34.4 Å². The maximum Gasteiger partial charge on any atom is 0.135 e. The number of nitrogens with one attached hydrogen (secondary N) is 2. The monoisotopic (exact) mass is 264 g/mol. The summed E-state index contributed by atoms with van der Waals surface area (Å²) >= 11 is 0. The van der Waals surface area contributed by atoms with Gasteiger partial charge < -0.3 is 15.7 Å². The van der Waals surface area contributed by atoms with Crippen molar-refractivity contribution in [3.63, 3.8) is 0 Å². The molecule has 0 radical (unpaired) electrons. The molecule has 2 unspecified atom stereocenters. The fraction of sp³-hybridized carbons (Fsp3) is 0.714. The normalized spacial score (nSPS) is 23.4. The van der Waals surface area contributed by atoms with Crippen LogP contribution in [0.2, 0.25) is 0 Å². The van der Waals surface area contributed by atoms with Gasteiger partial charge in [0.05, 0.1) is 12.1 Å². The van der Waals surface area contributed by atoms with Crippen LogP contribution in [0.25, 0.3) is 0 Å². The summed E-state index contributed by atoms with van der Waals surface area (Å²) in [7, 11) is 1.85. The van der Waals surface area contributed by atoms with Gasteiger partial charge >= 0.3 is 0 Å². The number of anilines is 2. The molecule has 0 bridgehead atoms. The van der Waals surface area contributed by atoms with E-state index in [4.69, 9.17) is 0 Å². The number of rotatable bonds is 4. The zero-order valence-corrected chi connectivity index (χ0v) is 12.0. The Morgan fingerprint density at radius 2 is 1.89 bits per heavy atom. The van der Waals surface area contributed by atoms with E-state index in [0.717, 1.165) is 43.1 Å². The Hall–Kier alpha value is -1.36. The summed E-state index contributed by atoms with van der Waals surface area (Å²) in [5.41, 5.74) is 0. The minimum Gasteiger partial charge on any atom is -0.391 e. The van der Waals surface area contributed by atoms with Crippen molar-refractivity contribution in [2.45, 2.75) is 57.6 Å². The summed E-state index contributed by atoms with van der Waals surface area (Å²) in [4.78, 5) is 8.97. The van der Waals surface area contributed by atoms with Crippen molar-refractivity contribution < 1.29 is 5.11 Å². The second kappa shape index (κ2) is 6.19. The first-order chi connectivity index (χ1) is 9.10. The molecule has 1 aliphatic rings. The number of aliphatic hydroxyl groups excluding tert-OH is 1. The molecule has 3 N–H and O–H groups in total. The predicted octanol–water partition coefficient (Wildman–Crippen LogP) is 2.36. The summed E-state index contributed by atoms with van der Waals surface area (Å²) in [6, 6.07) is 2.00. The summed E-state index contributed by atoms with van der Waals surface area (Å²) in [6.45, 7) is 4.15. The zero-order valence-electron chi connectivity index (χ0n) is 12.0. The molecule has 5 heteroatoms. The number of nitrogens with zero attached hydrogens (tertiary/aromatic N) is 2. The third-order valence-electron chi connectivity index (χ3n) is 3.58. The highest BCUT2D eigenvalue weighted by molar-refractivity contribution is 5.48. The quantitative estimate of drug-likeness (QED) is 0.779. The number of hydrogen-bond acceptors (Lipinski definition) is 5. The highest BCUT2D eigenvalue weighted by Gasteiger charge is 2.23. The lowest BCUT2D eigenvalue weighted by atomic mass is 9.92. The van der Waals surface area contributed by atoms with Crippen LogP contribution >= 0.6 is 0 Å². The smallest absolute Gasteiger partial charge is 0.135 e. The minimum atomic E-state index is -0.274. The van der Waals surface area contributed by atoms with Crippen LogP contribution in [-0.2, 0) is 0 Å². The summed E-state index contributed by atoms with van der Waals surface area (Å²) < 4.78 is 0. The summed E-state index contributed by atoms with van der Waals surface area (Å²) in [5.74, 6) is 2.71. The van der Waals surface area contributed by atoms with Gasteiger partial charge in [0.2, 0.25) is 0 Å². The van der Waals surface area contributed by atoms with E-state index in [1.54, 1.807) is 0 Å². The Kier molecular flexibility index (Phi) is 4.58. The average Bonchev–Trinajstić information content (AvgIpc) is 2.41. The number of hydrogen-bond donors (Lipinski definition) is 3. The fourth-order valence-electron chi connectivity index (χ4n) is 2.40. The van der Waals surface area contributed by atoms with Crippen LogP contribution < -0.4 is 10.6 Å². The van der Waals surface area contributed by atoms with Crippen LogP contribution in [-0.4, -0.2) is 34.3 Å². The van der Waals surface area contributed by atoms with Crippen molar-refractivity contribution in [3.8, 4) is 0 Å². The molecule has 1 aliphatic carbocycles. The molecule has 1 heterocycles. The Bertz CT molecular complexity index is 422. The van der Waals surface area contributed by atoms with Crippen LogP contribution in [0.3, 0.4) is 0 Å².